The van der Waals surface area contributed by atoms with Gasteiger partial charge in [0.1, 0.15) is 0 Å². The molecule has 0 spiro atoms. The second kappa shape index (κ2) is 4.50. The first-order valence-corrected chi connectivity index (χ1v) is 4.42. The Morgan fingerprint density at radius 2 is 1.93 bits per heavy atom. The van der Waals surface area contributed by atoms with Gasteiger partial charge in [-0.1, -0.05) is 12.2 Å². The van der Waals surface area contributed by atoms with E-state index in [2.05, 4.69) is 6.58 Å². The Hall–Kier alpha value is -1.97. The molecule has 0 aliphatic carbocycles. The van der Waals surface area contributed by atoms with Crippen LogP contribution in [-0.2, 0) is 0 Å². The van der Waals surface area contributed by atoms with Gasteiger partial charge in [0.2, 0.25) is 0 Å². The molecule has 1 rings (SSSR count). The third-order valence-corrected chi connectivity index (χ3v) is 1.86. The number of benzene rings is 1. The van der Waals surface area contributed by atoms with E-state index in [1.807, 2.05) is 0 Å². The molecule has 0 amide bonds. The average molecular weight is 205 g/mol. The maximum Gasteiger partial charge on any atom is 0.269 e. The first-order chi connectivity index (χ1) is 7.00. The number of hydrogen-bond acceptors (Lipinski definition) is 3. The fraction of sp³-hybridized carbons (Fsp3) is 0.182. The van der Waals surface area contributed by atoms with Crippen molar-refractivity contribution < 1.29 is 9.72 Å². The molecule has 0 saturated carbocycles. The van der Waals surface area contributed by atoms with E-state index in [0.717, 1.165) is 5.57 Å². The maximum atomic E-state index is 11.5. The minimum atomic E-state index is -0.493. The van der Waals surface area contributed by atoms with E-state index in [1.54, 1.807) is 6.92 Å². The Labute approximate surface area is 87.4 Å². The lowest BCUT2D eigenvalue weighted by Gasteiger charge is -1.99. The molecule has 15 heavy (non-hydrogen) atoms. The van der Waals surface area contributed by atoms with Crippen molar-refractivity contribution in [2.75, 3.05) is 0 Å². The largest absolute Gasteiger partial charge is 0.294 e. The van der Waals surface area contributed by atoms with Crippen LogP contribution in [0.2, 0.25) is 0 Å². The van der Waals surface area contributed by atoms with Crippen LogP contribution in [0.1, 0.15) is 23.7 Å². The summed E-state index contributed by atoms with van der Waals surface area (Å²) in [6, 6.07) is 5.57. The first-order valence-electron chi connectivity index (χ1n) is 4.42. The summed E-state index contributed by atoms with van der Waals surface area (Å²) in [6.07, 6.45) is 0.276. The van der Waals surface area contributed by atoms with Crippen LogP contribution < -0.4 is 0 Å². The number of rotatable bonds is 4. The molecular formula is C11H11NO3. The quantitative estimate of drug-likeness (QED) is 0.328. The molecular weight excluding hydrogens is 194 g/mol. The third kappa shape index (κ3) is 3.02. The third-order valence-electron chi connectivity index (χ3n) is 1.86. The van der Waals surface area contributed by atoms with E-state index in [9.17, 15) is 14.9 Å². The highest BCUT2D eigenvalue weighted by molar-refractivity contribution is 5.97. The molecule has 78 valence electrons. The van der Waals surface area contributed by atoms with Gasteiger partial charge in [-0.3, -0.25) is 14.9 Å². The molecule has 0 unspecified atom stereocenters. The number of hydrogen-bond donors (Lipinski definition) is 0. The van der Waals surface area contributed by atoms with Crippen LogP contribution >= 0.6 is 0 Å². The molecule has 0 aliphatic heterocycles. The molecule has 0 heterocycles. The van der Waals surface area contributed by atoms with Crippen LogP contribution in [0, 0.1) is 10.1 Å². The van der Waals surface area contributed by atoms with E-state index in [4.69, 9.17) is 0 Å². The molecule has 0 saturated heterocycles. The predicted octanol–water partition coefficient (Wildman–Crippen LogP) is 2.74. The van der Waals surface area contributed by atoms with Crippen LogP contribution in [0.4, 0.5) is 5.69 Å². The number of non-ortho nitro benzene ring substituents is 1. The number of carbonyl (C=O) groups is 1. The fourth-order valence-electron chi connectivity index (χ4n) is 1.15. The predicted molar refractivity (Wildman–Crippen MR) is 56.9 cm³/mol. The Kier molecular flexibility index (Phi) is 3.33. The Balaban J connectivity index is 2.84. The summed E-state index contributed by atoms with van der Waals surface area (Å²) in [6.45, 7) is 5.40. The minimum Gasteiger partial charge on any atom is -0.294 e. The summed E-state index contributed by atoms with van der Waals surface area (Å²) in [5.74, 6) is -0.0719. The summed E-state index contributed by atoms with van der Waals surface area (Å²) >= 11 is 0. The molecule has 1 aromatic rings. The van der Waals surface area contributed by atoms with Gasteiger partial charge in [0, 0.05) is 24.1 Å². The Morgan fingerprint density at radius 3 is 2.33 bits per heavy atom. The summed E-state index contributed by atoms with van der Waals surface area (Å²) in [5.41, 5.74) is 1.24. The van der Waals surface area contributed by atoms with Crippen LogP contribution in [0.3, 0.4) is 0 Å². The Bertz CT molecular complexity index is 406. The lowest BCUT2D eigenvalue weighted by atomic mass is 10.0. The average Bonchev–Trinajstić information content (AvgIpc) is 2.17. The Morgan fingerprint density at radius 1 is 1.40 bits per heavy atom. The summed E-state index contributed by atoms with van der Waals surface area (Å²) in [7, 11) is 0. The first kappa shape index (κ1) is 11.1. The number of Topliss-reactive ketones (excluding diaryl/α,β-unsaturated/α-hetero) is 1. The van der Waals surface area contributed by atoms with E-state index >= 15 is 0 Å². The molecule has 0 aliphatic rings. The van der Waals surface area contributed by atoms with Gasteiger partial charge in [-0.15, -0.1) is 0 Å². The van der Waals surface area contributed by atoms with Crippen LogP contribution in [-0.4, -0.2) is 10.7 Å². The van der Waals surface area contributed by atoms with E-state index in [1.165, 1.54) is 24.3 Å². The smallest absolute Gasteiger partial charge is 0.269 e. The van der Waals surface area contributed by atoms with Gasteiger partial charge in [0.25, 0.3) is 5.69 Å². The molecule has 0 atom stereocenters. The second-order valence-electron chi connectivity index (χ2n) is 3.36. The zero-order valence-electron chi connectivity index (χ0n) is 8.40. The van der Waals surface area contributed by atoms with Crippen molar-refractivity contribution >= 4 is 11.5 Å². The number of ketones is 1. The van der Waals surface area contributed by atoms with Gasteiger partial charge in [0.05, 0.1) is 4.92 Å². The number of allylic oxidation sites excluding steroid dienone is 1. The monoisotopic (exact) mass is 205 g/mol. The summed E-state index contributed by atoms with van der Waals surface area (Å²) in [4.78, 5) is 21.4. The van der Waals surface area contributed by atoms with Crippen molar-refractivity contribution in [3.05, 3.63) is 52.1 Å². The highest BCUT2D eigenvalue weighted by Gasteiger charge is 2.09. The molecule has 4 nitrogen and oxygen atoms in total. The van der Waals surface area contributed by atoms with Crippen LogP contribution in [0.25, 0.3) is 0 Å². The van der Waals surface area contributed by atoms with Crippen molar-refractivity contribution in [2.24, 2.45) is 0 Å². The zero-order valence-corrected chi connectivity index (χ0v) is 8.40. The standard InChI is InChI=1S/C11H11NO3/c1-8(2)7-11(13)9-3-5-10(6-4-9)12(14)15/h3-6H,1,7H2,2H3. The fourth-order valence-corrected chi connectivity index (χ4v) is 1.15. The maximum absolute atomic E-state index is 11.5. The highest BCUT2D eigenvalue weighted by atomic mass is 16.6. The van der Waals surface area contributed by atoms with E-state index in [0.29, 0.717) is 5.56 Å². The SMILES string of the molecule is C=C(C)CC(=O)c1ccc([N+](=O)[O-])cc1. The second-order valence-corrected chi connectivity index (χ2v) is 3.36. The van der Waals surface area contributed by atoms with Crippen molar-refractivity contribution in [2.45, 2.75) is 13.3 Å². The number of nitrogens with zero attached hydrogens (tertiary/aromatic N) is 1. The molecule has 0 radical (unpaired) electrons. The normalized spacial score (nSPS) is 9.67. The van der Waals surface area contributed by atoms with Crippen molar-refractivity contribution in [1.82, 2.24) is 0 Å². The molecule has 0 aromatic heterocycles. The summed E-state index contributed by atoms with van der Waals surface area (Å²) in [5, 5.41) is 10.4. The molecule has 1 aromatic carbocycles. The van der Waals surface area contributed by atoms with Gasteiger partial charge < -0.3 is 0 Å². The molecule has 4 heteroatoms. The number of nitro benzene ring substituents is 1. The van der Waals surface area contributed by atoms with E-state index in [-0.39, 0.29) is 17.9 Å². The number of nitro groups is 1. The van der Waals surface area contributed by atoms with Gasteiger partial charge in [0.15, 0.2) is 5.78 Å². The molecule has 0 bridgehead atoms. The topological polar surface area (TPSA) is 60.2 Å². The number of carbonyl (C=O) groups excluding carboxylic acids is 1. The lowest BCUT2D eigenvalue weighted by molar-refractivity contribution is -0.384. The van der Waals surface area contributed by atoms with Crippen LogP contribution in [0.15, 0.2) is 36.4 Å². The van der Waals surface area contributed by atoms with Gasteiger partial charge in [-0.05, 0) is 19.1 Å². The highest BCUT2D eigenvalue weighted by Crippen LogP contribution is 2.14. The van der Waals surface area contributed by atoms with Crippen molar-refractivity contribution in [1.29, 1.82) is 0 Å². The zero-order chi connectivity index (χ0) is 11.4. The summed E-state index contributed by atoms with van der Waals surface area (Å²) < 4.78 is 0. The van der Waals surface area contributed by atoms with E-state index < -0.39 is 4.92 Å². The van der Waals surface area contributed by atoms with Crippen LogP contribution in [0.5, 0.6) is 0 Å². The minimum absolute atomic E-state index is 0.0122. The van der Waals surface area contributed by atoms with Crippen molar-refractivity contribution in [3.8, 4) is 0 Å². The van der Waals surface area contributed by atoms with Gasteiger partial charge >= 0.3 is 0 Å². The van der Waals surface area contributed by atoms with Gasteiger partial charge in [-0.25, -0.2) is 0 Å². The molecule has 0 fully saturated rings. The van der Waals surface area contributed by atoms with Gasteiger partial charge in [-0.2, -0.15) is 0 Å². The molecule has 0 N–H and O–H groups in total. The lowest BCUT2D eigenvalue weighted by Crippen LogP contribution is -1.99. The van der Waals surface area contributed by atoms with Crippen molar-refractivity contribution in [3.63, 3.8) is 0 Å².